The largest absolute Gasteiger partial charge is 0.439 e. The Morgan fingerprint density at radius 1 is 1.24 bits per heavy atom. The fourth-order valence-corrected chi connectivity index (χ4v) is 1.35. The minimum Gasteiger partial charge on any atom is -0.439 e. The van der Waals surface area contributed by atoms with Crippen molar-refractivity contribution in [3.63, 3.8) is 0 Å². The molecule has 1 aromatic carbocycles. The summed E-state index contributed by atoms with van der Waals surface area (Å²) in [6.07, 6.45) is 1.54. The lowest BCUT2D eigenvalue weighted by Gasteiger charge is -2.05. The summed E-state index contributed by atoms with van der Waals surface area (Å²) in [5.74, 6) is 1.08. The highest BCUT2D eigenvalue weighted by Gasteiger charge is 2.00. The maximum atomic E-state index is 8.75. The number of nitriles is 1. The lowest BCUT2D eigenvalue weighted by molar-refractivity contribution is 0.462. The van der Waals surface area contributed by atoms with Crippen LogP contribution < -0.4 is 10.5 Å². The molecule has 2 rings (SSSR count). The monoisotopic (exact) mass is 225 g/mol. The SMILES string of the molecule is N#Cc1ccnc(Oc2ccc(CN)cc2)c1. The number of hydrogen-bond donors (Lipinski definition) is 1. The van der Waals surface area contributed by atoms with Crippen molar-refractivity contribution in [2.75, 3.05) is 0 Å². The molecule has 4 heteroatoms. The van der Waals surface area contributed by atoms with E-state index in [9.17, 15) is 0 Å². The Morgan fingerprint density at radius 3 is 2.65 bits per heavy atom. The number of benzene rings is 1. The zero-order valence-electron chi connectivity index (χ0n) is 9.13. The molecule has 0 aliphatic rings. The third-order valence-corrected chi connectivity index (χ3v) is 2.25. The van der Waals surface area contributed by atoms with Crippen molar-refractivity contribution >= 4 is 0 Å². The zero-order valence-corrected chi connectivity index (χ0v) is 9.13. The summed E-state index contributed by atoms with van der Waals surface area (Å²) < 4.78 is 5.52. The van der Waals surface area contributed by atoms with Crippen LogP contribution in [0.4, 0.5) is 0 Å². The van der Waals surface area contributed by atoms with Crippen molar-refractivity contribution in [2.45, 2.75) is 6.54 Å². The Hall–Kier alpha value is -2.38. The second-order valence-corrected chi connectivity index (χ2v) is 3.44. The fraction of sp³-hybridized carbons (Fsp3) is 0.0769. The lowest BCUT2D eigenvalue weighted by Crippen LogP contribution is -1.95. The van der Waals surface area contributed by atoms with Crippen LogP contribution in [0.5, 0.6) is 11.6 Å². The van der Waals surface area contributed by atoms with Gasteiger partial charge in [0.25, 0.3) is 0 Å². The van der Waals surface area contributed by atoms with E-state index in [1.807, 2.05) is 30.3 Å². The van der Waals surface area contributed by atoms with Crippen molar-refractivity contribution in [1.82, 2.24) is 4.98 Å². The first kappa shape index (κ1) is 11.1. The van der Waals surface area contributed by atoms with Crippen LogP contribution in [0, 0.1) is 11.3 Å². The summed E-state index contributed by atoms with van der Waals surface area (Å²) >= 11 is 0. The molecule has 1 aromatic heterocycles. The predicted octanol–water partition coefficient (Wildman–Crippen LogP) is 2.20. The van der Waals surface area contributed by atoms with E-state index in [0.717, 1.165) is 5.56 Å². The zero-order chi connectivity index (χ0) is 12.1. The van der Waals surface area contributed by atoms with Crippen molar-refractivity contribution in [1.29, 1.82) is 5.26 Å². The van der Waals surface area contributed by atoms with Gasteiger partial charge >= 0.3 is 0 Å². The van der Waals surface area contributed by atoms with Gasteiger partial charge in [0, 0.05) is 18.8 Å². The summed E-state index contributed by atoms with van der Waals surface area (Å²) in [5.41, 5.74) is 7.06. The third kappa shape index (κ3) is 2.80. The summed E-state index contributed by atoms with van der Waals surface area (Å²) in [5, 5.41) is 8.75. The average molecular weight is 225 g/mol. The van der Waals surface area contributed by atoms with Crippen LogP contribution >= 0.6 is 0 Å². The van der Waals surface area contributed by atoms with Gasteiger partial charge in [-0.25, -0.2) is 4.98 Å². The van der Waals surface area contributed by atoms with Gasteiger partial charge in [-0.2, -0.15) is 5.26 Å². The van der Waals surface area contributed by atoms with Crippen LogP contribution in [0.15, 0.2) is 42.6 Å². The second kappa shape index (κ2) is 5.10. The Bertz CT molecular complexity index is 543. The summed E-state index contributed by atoms with van der Waals surface area (Å²) in [7, 11) is 0. The van der Waals surface area contributed by atoms with Crippen molar-refractivity contribution in [3.8, 4) is 17.7 Å². The van der Waals surface area contributed by atoms with Gasteiger partial charge in [-0.3, -0.25) is 0 Å². The predicted molar refractivity (Wildman–Crippen MR) is 63.4 cm³/mol. The van der Waals surface area contributed by atoms with Crippen LogP contribution in [-0.2, 0) is 6.54 Å². The Balaban J connectivity index is 2.16. The summed E-state index contributed by atoms with van der Waals surface area (Å²) in [4.78, 5) is 4.03. The molecule has 0 aliphatic heterocycles. The highest BCUT2D eigenvalue weighted by molar-refractivity contribution is 5.35. The molecule has 0 fully saturated rings. The number of nitrogens with zero attached hydrogens (tertiary/aromatic N) is 2. The Morgan fingerprint density at radius 2 is 2.00 bits per heavy atom. The van der Waals surface area contributed by atoms with Gasteiger partial charge in [0.1, 0.15) is 5.75 Å². The average Bonchev–Trinajstić information content (AvgIpc) is 2.40. The molecule has 0 amide bonds. The molecular formula is C13H11N3O. The van der Waals surface area contributed by atoms with Crippen molar-refractivity contribution < 1.29 is 4.74 Å². The van der Waals surface area contributed by atoms with Gasteiger partial charge in [0.15, 0.2) is 0 Å². The van der Waals surface area contributed by atoms with Gasteiger partial charge in [-0.1, -0.05) is 12.1 Å². The molecule has 0 spiro atoms. The summed E-state index contributed by atoms with van der Waals surface area (Å²) in [6.45, 7) is 0.502. The molecule has 1 heterocycles. The van der Waals surface area contributed by atoms with E-state index in [4.69, 9.17) is 15.7 Å². The molecule has 17 heavy (non-hydrogen) atoms. The van der Waals surface area contributed by atoms with E-state index in [2.05, 4.69) is 4.98 Å². The molecule has 0 atom stereocenters. The number of ether oxygens (including phenoxy) is 1. The third-order valence-electron chi connectivity index (χ3n) is 2.25. The van der Waals surface area contributed by atoms with E-state index >= 15 is 0 Å². The van der Waals surface area contributed by atoms with Crippen LogP contribution in [0.2, 0.25) is 0 Å². The molecule has 0 aliphatic carbocycles. The first-order valence-corrected chi connectivity index (χ1v) is 5.15. The van der Waals surface area contributed by atoms with Gasteiger partial charge in [0.2, 0.25) is 5.88 Å². The second-order valence-electron chi connectivity index (χ2n) is 3.44. The molecule has 0 saturated carbocycles. The number of nitrogens with two attached hydrogens (primary N) is 1. The number of aromatic nitrogens is 1. The van der Waals surface area contributed by atoms with E-state index in [0.29, 0.717) is 23.7 Å². The normalized spacial score (nSPS) is 9.65. The van der Waals surface area contributed by atoms with Crippen LogP contribution in [0.1, 0.15) is 11.1 Å². The number of pyridine rings is 1. The minimum absolute atomic E-state index is 0.407. The van der Waals surface area contributed by atoms with Gasteiger partial charge in [-0.15, -0.1) is 0 Å². The van der Waals surface area contributed by atoms with Crippen molar-refractivity contribution in [3.05, 3.63) is 53.7 Å². The van der Waals surface area contributed by atoms with Crippen LogP contribution in [0.3, 0.4) is 0 Å². The number of rotatable bonds is 3. The quantitative estimate of drug-likeness (QED) is 0.869. The molecule has 84 valence electrons. The molecule has 4 nitrogen and oxygen atoms in total. The Labute approximate surface area is 99.3 Å². The highest BCUT2D eigenvalue weighted by Crippen LogP contribution is 2.20. The minimum atomic E-state index is 0.407. The molecule has 2 N–H and O–H groups in total. The van der Waals surface area contributed by atoms with E-state index in [1.165, 1.54) is 0 Å². The molecule has 0 bridgehead atoms. The molecule has 2 aromatic rings. The smallest absolute Gasteiger partial charge is 0.220 e. The molecule has 0 saturated heterocycles. The van der Waals surface area contributed by atoms with E-state index in [1.54, 1.807) is 18.3 Å². The maximum absolute atomic E-state index is 8.75. The topological polar surface area (TPSA) is 71.9 Å². The van der Waals surface area contributed by atoms with E-state index < -0.39 is 0 Å². The van der Waals surface area contributed by atoms with Gasteiger partial charge in [-0.05, 0) is 23.8 Å². The number of hydrogen-bond acceptors (Lipinski definition) is 4. The van der Waals surface area contributed by atoms with E-state index in [-0.39, 0.29) is 0 Å². The van der Waals surface area contributed by atoms with Gasteiger partial charge < -0.3 is 10.5 Å². The lowest BCUT2D eigenvalue weighted by atomic mass is 10.2. The molecule has 0 radical (unpaired) electrons. The first-order chi connectivity index (χ1) is 8.31. The highest BCUT2D eigenvalue weighted by atomic mass is 16.5. The van der Waals surface area contributed by atoms with Gasteiger partial charge in [0.05, 0.1) is 11.6 Å². The Kier molecular flexibility index (Phi) is 3.34. The van der Waals surface area contributed by atoms with Crippen LogP contribution in [0.25, 0.3) is 0 Å². The summed E-state index contributed by atoms with van der Waals surface area (Å²) in [6, 6.07) is 12.7. The van der Waals surface area contributed by atoms with Crippen molar-refractivity contribution in [2.24, 2.45) is 5.73 Å². The molecule has 0 unspecified atom stereocenters. The molecular weight excluding hydrogens is 214 g/mol. The first-order valence-electron chi connectivity index (χ1n) is 5.15. The maximum Gasteiger partial charge on any atom is 0.220 e. The fourth-order valence-electron chi connectivity index (χ4n) is 1.35. The standard InChI is InChI=1S/C13H11N3O/c14-8-10-1-3-12(4-2-10)17-13-7-11(9-15)5-6-16-13/h1-7H,8,14H2. The van der Waals surface area contributed by atoms with Crippen LogP contribution in [-0.4, -0.2) is 4.98 Å².